The molecule has 0 N–H and O–H groups in total. The molecule has 276 valence electrons. The number of para-hydroxylation sites is 1. The molecule has 0 atom stereocenters. The van der Waals surface area contributed by atoms with Crippen molar-refractivity contribution >= 4 is 60.9 Å². The summed E-state index contributed by atoms with van der Waals surface area (Å²) in [4.78, 5) is 2.36. The van der Waals surface area contributed by atoms with Gasteiger partial charge in [-0.25, -0.2) is 0 Å². The second kappa shape index (κ2) is 12.0. The Balaban J connectivity index is 1.14. The predicted octanol–water partition coefficient (Wildman–Crippen LogP) is 15.5. The largest absolute Gasteiger partial charge is 0.456 e. The summed E-state index contributed by atoms with van der Waals surface area (Å²) in [5.41, 5.74) is 16.8. The molecule has 3 heteroatoms. The first-order valence-electron chi connectivity index (χ1n) is 19.8. The molecule has 0 radical (unpaired) electrons. The van der Waals surface area contributed by atoms with E-state index < -0.39 is 0 Å². The van der Waals surface area contributed by atoms with Gasteiger partial charge in [-0.3, -0.25) is 0 Å². The molecular weight excluding hydrogens is 683 g/mol. The minimum Gasteiger partial charge on any atom is -0.456 e. The molecule has 0 fully saturated rings. The molecule has 9 aromatic rings. The number of benzene rings is 7. The Morgan fingerprint density at radius 1 is 0.446 bits per heavy atom. The Morgan fingerprint density at radius 3 is 1.82 bits per heavy atom. The quantitative estimate of drug-likeness (QED) is 0.181. The van der Waals surface area contributed by atoms with E-state index in [-0.39, 0.29) is 16.2 Å². The van der Waals surface area contributed by atoms with Gasteiger partial charge in [-0.05, 0) is 110 Å². The van der Waals surface area contributed by atoms with Crippen molar-refractivity contribution in [3.05, 3.63) is 162 Å². The normalized spacial score (nSPS) is 13.9. The van der Waals surface area contributed by atoms with Crippen molar-refractivity contribution in [3.63, 3.8) is 0 Å². The van der Waals surface area contributed by atoms with Gasteiger partial charge in [-0.2, -0.15) is 0 Å². The van der Waals surface area contributed by atoms with Crippen LogP contribution in [0.5, 0.6) is 0 Å². The van der Waals surface area contributed by atoms with E-state index in [0.29, 0.717) is 0 Å². The fourth-order valence-corrected chi connectivity index (χ4v) is 8.96. The van der Waals surface area contributed by atoms with E-state index in [1.54, 1.807) is 0 Å². The summed E-state index contributed by atoms with van der Waals surface area (Å²) in [6.07, 6.45) is 0. The molecule has 56 heavy (non-hydrogen) atoms. The molecule has 2 aromatic heterocycles. The molecule has 7 aromatic carbocycles. The Bertz CT molecular complexity index is 3000. The number of anilines is 3. The Hall–Kier alpha value is -6.06. The molecule has 0 saturated carbocycles. The van der Waals surface area contributed by atoms with Gasteiger partial charge in [0, 0.05) is 55.7 Å². The van der Waals surface area contributed by atoms with E-state index in [1.165, 1.54) is 55.3 Å². The Kier molecular flexibility index (Phi) is 7.36. The molecule has 0 aliphatic heterocycles. The minimum absolute atomic E-state index is 0.0161. The third kappa shape index (κ3) is 5.32. The molecule has 0 saturated heterocycles. The van der Waals surface area contributed by atoms with E-state index in [0.717, 1.165) is 50.2 Å². The van der Waals surface area contributed by atoms with E-state index in [4.69, 9.17) is 8.83 Å². The van der Waals surface area contributed by atoms with Crippen molar-refractivity contribution in [2.24, 2.45) is 0 Å². The lowest BCUT2D eigenvalue weighted by Crippen LogP contribution is -2.16. The zero-order valence-electron chi connectivity index (χ0n) is 33.5. The summed E-state index contributed by atoms with van der Waals surface area (Å²) in [5, 5.41) is 4.64. The number of hydrogen-bond donors (Lipinski definition) is 0. The van der Waals surface area contributed by atoms with E-state index >= 15 is 0 Å². The van der Waals surface area contributed by atoms with Crippen LogP contribution >= 0.6 is 0 Å². The van der Waals surface area contributed by atoms with E-state index in [9.17, 15) is 0 Å². The topological polar surface area (TPSA) is 29.5 Å². The molecule has 3 nitrogen and oxygen atoms in total. The van der Waals surface area contributed by atoms with Crippen molar-refractivity contribution in [2.45, 2.75) is 71.6 Å². The van der Waals surface area contributed by atoms with Crippen molar-refractivity contribution in [2.75, 3.05) is 4.90 Å². The minimum atomic E-state index is -0.247. The molecule has 0 bridgehead atoms. The van der Waals surface area contributed by atoms with Gasteiger partial charge in [0.1, 0.15) is 22.3 Å². The average Bonchev–Trinajstić information content (AvgIpc) is 3.80. The monoisotopic (exact) mass is 729 g/mol. The highest BCUT2D eigenvalue weighted by Gasteiger charge is 2.37. The van der Waals surface area contributed by atoms with E-state index in [1.807, 2.05) is 12.1 Å². The lowest BCUT2D eigenvalue weighted by Gasteiger charge is -2.28. The molecule has 0 amide bonds. The molecule has 1 aliphatic rings. The van der Waals surface area contributed by atoms with Gasteiger partial charge in [0.15, 0.2) is 0 Å². The van der Waals surface area contributed by atoms with Crippen LogP contribution in [0.25, 0.3) is 66.1 Å². The van der Waals surface area contributed by atoms with Crippen LogP contribution in [-0.4, -0.2) is 0 Å². The molecule has 0 spiro atoms. The Morgan fingerprint density at radius 2 is 1.07 bits per heavy atom. The van der Waals surface area contributed by atoms with E-state index in [2.05, 4.69) is 188 Å². The van der Waals surface area contributed by atoms with Gasteiger partial charge in [0.25, 0.3) is 0 Å². The lowest BCUT2D eigenvalue weighted by atomic mass is 9.79. The summed E-state index contributed by atoms with van der Waals surface area (Å²) in [5.74, 6) is 0. The van der Waals surface area contributed by atoms with Gasteiger partial charge in [0.2, 0.25) is 0 Å². The molecule has 2 heterocycles. The van der Waals surface area contributed by atoms with Crippen LogP contribution in [0, 0.1) is 0 Å². The highest BCUT2D eigenvalue weighted by Crippen LogP contribution is 2.53. The zero-order valence-corrected chi connectivity index (χ0v) is 33.5. The van der Waals surface area contributed by atoms with Crippen molar-refractivity contribution < 1.29 is 8.83 Å². The maximum absolute atomic E-state index is 6.85. The highest BCUT2D eigenvalue weighted by atomic mass is 16.3. The maximum atomic E-state index is 6.85. The Labute approximate surface area is 329 Å². The molecule has 0 unspecified atom stereocenters. The molecular formula is C53H47NO2. The van der Waals surface area contributed by atoms with Gasteiger partial charge in [-0.15, -0.1) is 0 Å². The van der Waals surface area contributed by atoms with Crippen LogP contribution in [0.15, 0.2) is 148 Å². The first-order chi connectivity index (χ1) is 26.8. The average molecular weight is 730 g/mol. The first-order valence-corrected chi connectivity index (χ1v) is 19.8. The van der Waals surface area contributed by atoms with Crippen molar-refractivity contribution in [3.8, 4) is 22.3 Å². The maximum Gasteiger partial charge on any atom is 0.139 e. The van der Waals surface area contributed by atoms with Crippen LogP contribution in [0.1, 0.15) is 77.6 Å². The van der Waals surface area contributed by atoms with Gasteiger partial charge in [-0.1, -0.05) is 128 Å². The molecule has 1 aliphatic carbocycles. The highest BCUT2D eigenvalue weighted by molar-refractivity contribution is 6.09. The fraction of sp³-hybridized carbons (Fsp3) is 0.208. The third-order valence-corrected chi connectivity index (χ3v) is 12.1. The second-order valence-electron chi connectivity index (χ2n) is 18.3. The number of rotatable bonds is 4. The van der Waals surface area contributed by atoms with Crippen LogP contribution in [0.2, 0.25) is 0 Å². The smallest absolute Gasteiger partial charge is 0.139 e. The summed E-state index contributed by atoms with van der Waals surface area (Å²) in [6.45, 7) is 18.5. The first kappa shape index (κ1) is 34.4. The fourth-order valence-electron chi connectivity index (χ4n) is 8.96. The predicted molar refractivity (Wildman–Crippen MR) is 236 cm³/mol. The standard InChI is InChI=1S/C53H47NO2/c1-51(2,3)34-26-43-42-30-41-38-24-22-36(28-44(38)53(7,8)45(41)31-49(42)56-50(43)46(27-34)52(4,5)6)54(35-20-18-33(19-21-35)32-14-10-9-11-15-32)37-23-25-40-39-16-12-13-17-47(39)55-48(40)29-37/h9-31H,1-8H3. The number of nitrogens with zero attached hydrogens (tertiary/aromatic N) is 1. The second-order valence-corrected chi connectivity index (χ2v) is 18.3. The number of furan rings is 2. The summed E-state index contributed by atoms with van der Waals surface area (Å²) >= 11 is 0. The van der Waals surface area contributed by atoms with Crippen LogP contribution in [0.4, 0.5) is 17.1 Å². The number of hydrogen-bond acceptors (Lipinski definition) is 3. The van der Waals surface area contributed by atoms with Crippen LogP contribution in [0.3, 0.4) is 0 Å². The molecule has 10 rings (SSSR count). The SMILES string of the molecule is CC(C)(C)c1cc(C(C)(C)C)c2oc3cc4c(cc3c2c1)-c1ccc(N(c2ccc(-c3ccccc3)cc2)c2ccc3c(c2)oc2ccccc23)cc1C4(C)C. The van der Waals surface area contributed by atoms with Crippen molar-refractivity contribution in [1.82, 2.24) is 0 Å². The lowest BCUT2D eigenvalue weighted by molar-refractivity contribution is 0.559. The summed E-state index contributed by atoms with van der Waals surface area (Å²) in [6, 6.07) is 50.8. The zero-order chi connectivity index (χ0) is 38.7. The van der Waals surface area contributed by atoms with Crippen LogP contribution < -0.4 is 4.90 Å². The van der Waals surface area contributed by atoms with Gasteiger partial charge < -0.3 is 13.7 Å². The summed E-state index contributed by atoms with van der Waals surface area (Å²) < 4.78 is 13.3. The summed E-state index contributed by atoms with van der Waals surface area (Å²) in [7, 11) is 0. The van der Waals surface area contributed by atoms with Gasteiger partial charge in [0.05, 0.1) is 0 Å². The van der Waals surface area contributed by atoms with Crippen molar-refractivity contribution in [1.29, 1.82) is 0 Å². The van der Waals surface area contributed by atoms with Gasteiger partial charge >= 0.3 is 0 Å². The van der Waals surface area contributed by atoms with Crippen LogP contribution in [-0.2, 0) is 16.2 Å². The number of fused-ring (bicyclic) bond motifs is 9. The third-order valence-electron chi connectivity index (χ3n) is 12.1.